The van der Waals surface area contributed by atoms with E-state index in [0.717, 1.165) is 0 Å². The number of hydrogen-bond donors (Lipinski definition) is 1. The van der Waals surface area contributed by atoms with E-state index in [9.17, 15) is 9.59 Å². The molecule has 0 radical (unpaired) electrons. The number of carbonyl (C=O) groups is 2. The van der Waals surface area contributed by atoms with Crippen LogP contribution in [0.5, 0.6) is 0 Å². The first-order chi connectivity index (χ1) is 4.27. The minimum Gasteiger partial charge on any atom is -0.464 e. The molecule has 0 heterocycles. The average Bonchev–Trinajstić information content (AvgIpc) is 1.80. The highest BCUT2D eigenvalue weighted by Crippen LogP contribution is 1.75. The normalized spacial score (nSPS) is 8.00. The maximum absolute atomic E-state index is 9.60. The molecule has 5 heteroatoms. The largest absolute Gasteiger partial charge is 0.505 e. The average molecular weight is 134 g/mol. The Morgan fingerprint density at radius 3 is 2.67 bits per heavy atom. The van der Waals surface area contributed by atoms with E-state index in [0.29, 0.717) is 0 Å². The summed E-state index contributed by atoms with van der Waals surface area (Å²) >= 11 is 0. The second-order valence-electron chi connectivity index (χ2n) is 1.08. The Labute approximate surface area is 51.2 Å². The van der Waals surface area contributed by atoms with Gasteiger partial charge >= 0.3 is 6.16 Å². The van der Waals surface area contributed by atoms with E-state index >= 15 is 0 Å². The van der Waals surface area contributed by atoms with Crippen molar-refractivity contribution in [2.75, 3.05) is 13.2 Å². The van der Waals surface area contributed by atoms with E-state index in [1.165, 1.54) is 0 Å². The highest BCUT2D eigenvalue weighted by Gasteiger charge is 1.93. The lowest BCUT2D eigenvalue weighted by atomic mass is 10.8. The van der Waals surface area contributed by atoms with Crippen molar-refractivity contribution in [3.05, 3.63) is 0 Å². The Bertz CT molecular complexity index is 99.1. The van der Waals surface area contributed by atoms with Crippen LogP contribution in [0, 0.1) is 0 Å². The summed E-state index contributed by atoms with van der Waals surface area (Å²) < 4.78 is 8.09. The van der Waals surface area contributed by atoms with Crippen LogP contribution in [0.4, 0.5) is 4.79 Å². The molecule has 0 rings (SSSR count). The van der Waals surface area contributed by atoms with Crippen LogP contribution in [0.2, 0.25) is 0 Å². The maximum Gasteiger partial charge on any atom is 0.505 e. The van der Waals surface area contributed by atoms with Crippen LogP contribution >= 0.6 is 0 Å². The summed E-state index contributed by atoms with van der Waals surface area (Å²) in [4.78, 5) is 19.0. The summed E-state index contributed by atoms with van der Waals surface area (Å²) in [5.41, 5.74) is 0. The van der Waals surface area contributed by atoms with Gasteiger partial charge in [0.25, 0.3) is 6.47 Å². The highest BCUT2D eigenvalue weighted by atomic mass is 16.7. The Hall–Kier alpha value is -1.26. The fourth-order valence-corrected chi connectivity index (χ4v) is 0.225. The predicted octanol–water partition coefficient (Wildman–Crippen LogP) is -0.146. The van der Waals surface area contributed by atoms with Crippen molar-refractivity contribution in [2.24, 2.45) is 0 Å². The zero-order valence-electron chi connectivity index (χ0n) is 4.57. The molecule has 0 aliphatic heterocycles. The lowest BCUT2D eigenvalue weighted by molar-refractivity contribution is -0.129. The van der Waals surface area contributed by atoms with E-state index < -0.39 is 6.16 Å². The van der Waals surface area contributed by atoms with Gasteiger partial charge in [-0.2, -0.15) is 0 Å². The first kappa shape index (κ1) is 7.74. The first-order valence-electron chi connectivity index (χ1n) is 2.18. The molecule has 5 nitrogen and oxygen atoms in total. The molecule has 0 fully saturated rings. The van der Waals surface area contributed by atoms with Crippen molar-refractivity contribution < 1.29 is 24.2 Å². The molecular weight excluding hydrogens is 128 g/mol. The molecule has 0 aromatic heterocycles. The molecule has 0 aromatic rings. The summed E-state index contributed by atoms with van der Waals surface area (Å²) in [6.07, 6.45) is -1.37. The van der Waals surface area contributed by atoms with E-state index in [-0.39, 0.29) is 19.7 Å². The molecule has 0 bridgehead atoms. The van der Waals surface area contributed by atoms with Gasteiger partial charge in [-0.05, 0) is 0 Å². The van der Waals surface area contributed by atoms with Gasteiger partial charge in [0.2, 0.25) is 0 Å². The fraction of sp³-hybridized carbons (Fsp3) is 0.500. The van der Waals surface area contributed by atoms with Crippen molar-refractivity contribution in [3.63, 3.8) is 0 Å². The van der Waals surface area contributed by atoms with Crippen LogP contribution in [0.15, 0.2) is 0 Å². The van der Waals surface area contributed by atoms with Gasteiger partial charge in [-0.15, -0.1) is 0 Å². The third kappa shape index (κ3) is 6.74. The lowest BCUT2D eigenvalue weighted by Gasteiger charge is -1.96. The summed E-state index contributed by atoms with van der Waals surface area (Å²) in [5, 5.41) is 7.85. The third-order valence-corrected chi connectivity index (χ3v) is 0.495. The van der Waals surface area contributed by atoms with Crippen molar-refractivity contribution in [1.29, 1.82) is 0 Å². The molecule has 0 amide bonds. The Morgan fingerprint density at radius 2 is 2.22 bits per heavy atom. The predicted molar refractivity (Wildman–Crippen MR) is 26.0 cm³/mol. The number of ether oxygens (including phenoxy) is 2. The highest BCUT2D eigenvalue weighted by molar-refractivity contribution is 5.56. The quantitative estimate of drug-likeness (QED) is 0.329. The summed E-state index contributed by atoms with van der Waals surface area (Å²) in [6.45, 7) is 0.0785. The molecule has 0 aliphatic rings. The Kier molecular flexibility index (Phi) is 4.20. The lowest BCUT2D eigenvalue weighted by Crippen LogP contribution is -2.07. The summed E-state index contributed by atoms with van der Waals surface area (Å²) in [7, 11) is 0. The molecule has 9 heavy (non-hydrogen) atoms. The Balaban J connectivity index is 2.91. The van der Waals surface area contributed by atoms with Gasteiger partial charge in [0.1, 0.15) is 13.2 Å². The molecule has 1 N–H and O–H groups in total. The van der Waals surface area contributed by atoms with Crippen molar-refractivity contribution in [1.82, 2.24) is 0 Å². The van der Waals surface area contributed by atoms with Gasteiger partial charge in [-0.3, -0.25) is 4.79 Å². The van der Waals surface area contributed by atoms with Crippen molar-refractivity contribution in [2.45, 2.75) is 0 Å². The number of carbonyl (C=O) groups excluding carboxylic acids is 1. The second-order valence-corrected chi connectivity index (χ2v) is 1.08. The Morgan fingerprint density at radius 1 is 1.56 bits per heavy atom. The molecule has 52 valence electrons. The van der Waals surface area contributed by atoms with Gasteiger partial charge in [0.15, 0.2) is 0 Å². The molecule has 0 aliphatic carbocycles. The van der Waals surface area contributed by atoms with Gasteiger partial charge < -0.3 is 14.6 Å². The number of rotatable bonds is 4. The molecule has 0 saturated heterocycles. The van der Waals surface area contributed by atoms with Crippen LogP contribution in [-0.4, -0.2) is 30.9 Å². The van der Waals surface area contributed by atoms with Crippen molar-refractivity contribution >= 4 is 12.6 Å². The number of hydrogen-bond acceptors (Lipinski definition) is 4. The summed E-state index contributed by atoms with van der Waals surface area (Å²) in [6, 6.07) is 0. The monoisotopic (exact) mass is 134 g/mol. The maximum atomic E-state index is 9.60. The minimum absolute atomic E-state index is 0.0319. The van der Waals surface area contributed by atoms with Crippen LogP contribution in [0.25, 0.3) is 0 Å². The van der Waals surface area contributed by atoms with E-state index in [1.54, 1.807) is 0 Å². The second kappa shape index (κ2) is 4.89. The smallest absolute Gasteiger partial charge is 0.464 e. The van der Waals surface area contributed by atoms with Crippen molar-refractivity contribution in [3.8, 4) is 0 Å². The van der Waals surface area contributed by atoms with E-state index in [4.69, 9.17) is 5.11 Å². The molecule has 0 spiro atoms. The zero-order valence-corrected chi connectivity index (χ0v) is 4.57. The first-order valence-corrected chi connectivity index (χ1v) is 2.18. The molecule has 0 aromatic carbocycles. The van der Waals surface area contributed by atoms with Gasteiger partial charge in [0.05, 0.1) is 0 Å². The minimum atomic E-state index is -1.37. The van der Waals surface area contributed by atoms with Gasteiger partial charge in [0, 0.05) is 0 Å². The van der Waals surface area contributed by atoms with Crippen LogP contribution in [0.1, 0.15) is 0 Å². The SMILES string of the molecule is O=COCCOC(=O)O. The molecule has 0 saturated carbocycles. The molecule has 0 unspecified atom stereocenters. The zero-order chi connectivity index (χ0) is 7.11. The van der Waals surface area contributed by atoms with Crippen LogP contribution in [0.3, 0.4) is 0 Å². The van der Waals surface area contributed by atoms with Gasteiger partial charge in [-0.1, -0.05) is 0 Å². The standard InChI is InChI=1S/C4H6O5/c5-3-8-1-2-9-4(6)7/h3H,1-2H2,(H,6,7). The third-order valence-electron chi connectivity index (χ3n) is 0.495. The topological polar surface area (TPSA) is 72.8 Å². The fourth-order valence-electron chi connectivity index (χ4n) is 0.225. The number of carboxylic acid groups (broad SMARTS) is 1. The van der Waals surface area contributed by atoms with Gasteiger partial charge in [-0.25, -0.2) is 4.79 Å². The summed E-state index contributed by atoms with van der Waals surface area (Å²) in [5.74, 6) is 0. The van der Waals surface area contributed by atoms with E-state index in [2.05, 4.69) is 9.47 Å². The van der Waals surface area contributed by atoms with E-state index in [1.807, 2.05) is 0 Å². The van der Waals surface area contributed by atoms with Crippen LogP contribution < -0.4 is 0 Å². The molecule has 0 atom stereocenters. The molecular formula is C4H6O5. The van der Waals surface area contributed by atoms with Crippen LogP contribution in [-0.2, 0) is 14.3 Å².